The monoisotopic (exact) mass is 687 g/mol. The molecule has 10 nitrogen and oxygen atoms in total. The first-order chi connectivity index (χ1) is 21.4. The third-order valence-corrected chi connectivity index (χ3v) is 9.82. The number of rotatable bonds is 15. The van der Waals surface area contributed by atoms with E-state index in [-0.39, 0.29) is 55.2 Å². The Morgan fingerprint density at radius 3 is 2.56 bits per heavy atom. The Morgan fingerprint density at radius 1 is 1.22 bits per heavy atom. The van der Waals surface area contributed by atoms with E-state index in [1.54, 1.807) is 22.0 Å². The van der Waals surface area contributed by atoms with Crippen LogP contribution in [-0.2, 0) is 28.7 Å². The lowest BCUT2D eigenvalue weighted by molar-refractivity contribution is -0.160. The lowest BCUT2D eigenvalue weighted by atomic mass is 9.70. The van der Waals surface area contributed by atoms with Crippen LogP contribution in [0.25, 0.3) is 0 Å². The summed E-state index contributed by atoms with van der Waals surface area (Å²) in [6.07, 6.45) is 3.96. The molecule has 0 aliphatic carbocycles. The summed E-state index contributed by atoms with van der Waals surface area (Å²) in [4.78, 5) is 58.3. The number of benzene rings is 1. The lowest BCUT2D eigenvalue weighted by Crippen LogP contribution is -2.60. The molecular formula is C34H46BrN3O7. The van der Waals surface area contributed by atoms with Crippen molar-refractivity contribution in [3.05, 3.63) is 61.2 Å². The molecule has 1 spiro atoms. The number of fused-ring (bicyclic) bond motifs is 1. The summed E-state index contributed by atoms with van der Waals surface area (Å²) in [5.74, 6) is -3.27. The second-order valence-corrected chi connectivity index (χ2v) is 14.2. The molecule has 3 aliphatic rings. The van der Waals surface area contributed by atoms with Crippen LogP contribution in [0.5, 0.6) is 0 Å². The van der Waals surface area contributed by atoms with Crippen molar-refractivity contribution < 1.29 is 33.8 Å². The maximum atomic E-state index is 14.4. The van der Waals surface area contributed by atoms with Crippen LogP contribution in [0.3, 0.4) is 0 Å². The number of amides is 3. The minimum atomic E-state index is -1.23. The number of aliphatic hydroxyl groups is 1. The molecule has 1 aromatic rings. The Balaban J connectivity index is 1.67. The zero-order valence-electron chi connectivity index (χ0n) is 26.5. The number of unbranched alkanes of at least 4 members (excludes halogenated alkanes) is 1. The first kappa shape index (κ1) is 34.8. The first-order valence-electron chi connectivity index (χ1n) is 15.7. The molecule has 3 aliphatic heterocycles. The first-order valence-corrected chi connectivity index (χ1v) is 16.6. The number of nitrogens with zero attached hydrogens (tertiary/aromatic N) is 2. The smallest absolute Gasteiger partial charge is 0.313 e. The number of alkyl halides is 1. The second kappa shape index (κ2) is 14.6. The lowest BCUT2D eigenvalue weighted by Gasteiger charge is -2.42. The van der Waals surface area contributed by atoms with Gasteiger partial charge in [-0.3, -0.25) is 19.2 Å². The van der Waals surface area contributed by atoms with Gasteiger partial charge in [0, 0.05) is 36.5 Å². The van der Waals surface area contributed by atoms with E-state index in [4.69, 9.17) is 9.47 Å². The minimum Gasteiger partial charge on any atom is -0.455 e. The van der Waals surface area contributed by atoms with Gasteiger partial charge in [-0.05, 0) is 52.0 Å². The molecule has 246 valence electrons. The Bertz CT molecular complexity index is 1270. The maximum absolute atomic E-state index is 14.4. The number of carbonyl (C=O) groups excluding carboxylic acids is 4. The van der Waals surface area contributed by atoms with Crippen molar-refractivity contribution in [2.24, 2.45) is 11.8 Å². The van der Waals surface area contributed by atoms with E-state index in [1.807, 2.05) is 51.1 Å². The molecule has 3 fully saturated rings. The zero-order valence-corrected chi connectivity index (χ0v) is 28.0. The number of likely N-dealkylation sites (tertiary alicyclic amines) is 1. The average Bonchev–Trinajstić information content (AvgIpc) is 3.59. The molecule has 45 heavy (non-hydrogen) atoms. The van der Waals surface area contributed by atoms with Gasteiger partial charge in [0.15, 0.2) is 0 Å². The number of aliphatic hydroxyl groups excluding tert-OH is 1. The van der Waals surface area contributed by atoms with Gasteiger partial charge in [0.1, 0.15) is 17.7 Å². The molecule has 4 rings (SSSR count). The summed E-state index contributed by atoms with van der Waals surface area (Å²) in [7, 11) is 0. The SMILES string of the molecule is C=CCCC(=O)NC[C@H](OC(=O)[C@H]1[C@@H]2O[C@@]3(CC2Br)[C@@H]1C(=O)N(CCCCO)[C@@H]3C(=O)N(CC=C)C(C)(C)C)c1ccccc1. The van der Waals surface area contributed by atoms with Gasteiger partial charge >= 0.3 is 5.97 Å². The molecule has 3 saturated heterocycles. The summed E-state index contributed by atoms with van der Waals surface area (Å²) in [6, 6.07) is 8.18. The highest BCUT2D eigenvalue weighted by atomic mass is 79.9. The molecular weight excluding hydrogens is 642 g/mol. The van der Waals surface area contributed by atoms with Crippen LogP contribution in [0.2, 0.25) is 0 Å². The summed E-state index contributed by atoms with van der Waals surface area (Å²) < 4.78 is 12.7. The van der Waals surface area contributed by atoms with Gasteiger partial charge in [-0.25, -0.2) is 0 Å². The van der Waals surface area contributed by atoms with Crippen molar-refractivity contribution in [3.8, 4) is 0 Å². The predicted molar refractivity (Wildman–Crippen MR) is 173 cm³/mol. The summed E-state index contributed by atoms with van der Waals surface area (Å²) >= 11 is 3.71. The fourth-order valence-electron chi connectivity index (χ4n) is 6.93. The molecule has 11 heteroatoms. The molecule has 3 heterocycles. The second-order valence-electron chi connectivity index (χ2n) is 13.0. The van der Waals surface area contributed by atoms with Crippen molar-refractivity contribution in [2.45, 2.75) is 87.1 Å². The number of nitrogens with one attached hydrogen (secondary N) is 1. The summed E-state index contributed by atoms with van der Waals surface area (Å²) in [5, 5.41) is 12.3. The number of hydrogen-bond acceptors (Lipinski definition) is 7. The number of carbonyl (C=O) groups is 4. The summed E-state index contributed by atoms with van der Waals surface area (Å²) in [6.45, 7) is 13.8. The van der Waals surface area contributed by atoms with E-state index in [1.165, 1.54) is 0 Å². The third-order valence-electron chi connectivity index (χ3n) is 8.98. The van der Waals surface area contributed by atoms with Crippen molar-refractivity contribution in [1.82, 2.24) is 15.1 Å². The van der Waals surface area contributed by atoms with Gasteiger partial charge in [0.05, 0.1) is 24.5 Å². The molecule has 1 aromatic carbocycles. The Morgan fingerprint density at radius 2 is 1.93 bits per heavy atom. The fraction of sp³-hybridized carbons (Fsp3) is 0.588. The topological polar surface area (TPSA) is 125 Å². The van der Waals surface area contributed by atoms with E-state index in [9.17, 15) is 24.3 Å². The average molecular weight is 689 g/mol. The van der Waals surface area contributed by atoms with Crippen molar-refractivity contribution in [3.63, 3.8) is 0 Å². The van der Waals surface area contributed by atoms with Crippen molar-refractivity contribution in [1.29, 1.82) is 0 Å². The molecule has 0 radical (unpaired) electrons. The van der Waals surface area contributed by atoms with Gasteiger partial charge in [0.25, 0.3) is 0 Å². The normalized spacial score (nSPS) is 27.5. The summed E-state index contributed by atoms with van der Waals surface area (Å²) in [5.41, 5.74) is -1.10. The van der Waals surface area contributed by atoms with Crippen LogP contribution in [0.1, 0.15) is 64.5 Å². The number of ether oxygens (including phenoxy) is 2. The van der Waals surface area contributed by atoms with Gasteiger partial charge in [-0.1, -0.05) is 58.4 Å². The van der Waals surface area contributed by atoms with Crippen LogP contribution >= 0.6 is 15.9 Å². The molecule has 0 aromatic heterocycles. The fourth-order valence-corrected chi connectivity index (χ4v) is 7.87. The van der Waals surface area contributed by atoms with E-state index in [2.05, 4.69) is 34.4 Å². The van der Waals surface area contributed by atoms with E-state index < -0.39 is 47.2 Å². The quantitative estimate of drug-likeness (QED) is 0.125. The van der Waals surface area contributed by atoms with Crippen LogP contribution in [0.15, 0.2) is 55.6 Å². The van der Waals surface area contributed by atoms with Crippen LogP contribution in [0.4, 0.5) is 0 Å². The Labute approximate surface area is 274 Å². The molecule has 0 saturated carbocycles. The van der Waals surface area contributed by atoms with Gasteiger partial charge in [0.2, 0.25) is 17.7 Å². The van der Waals surface area contributed by atoms with Gasteiger partial charge < -0.3 is 29.7 Å². The van der Waals surface area contributed by atoms with Crippen LogP contribution < -0.4 is 5.32 Å². The minimum absolute atomic E-state index is 0.0399. The molecule has 2 N–H and O–H groups in total. The predicted octanol–water partition coefficient (Wildman–Crippen LogP) is 3.69. The van der Waals surface area contributed by atoms with Crippen molar-refractivity contribution in [2.75, 3.05) is 26.2 Å². The Kier molecular flexibility index (Phi) is 11.3. The highest BCUT2D eigenvalue weighted by Gasteiger charge is 2.77. The molecule has 3 amide bonds. The Hall–Kier alpha value is -3.02. The zero-order chi connectivity index (χ0) is 32.9. The standard InChI is InChI=1S/C34H46BrN3O7/c1-6-8-16-25(40)36-21-24(22-14-10-9-11-15-22)44-32(43)26-27-30(41)37(18-12-13-19-39)29(34(27)20-23(35)28(26)45-34)31(42)38(17-7-2)33(3,4)5/h6-7,9-11,14-15,23-24,26-29,39H,1-2,8,12-13,16-21H2,3-5H3,(H,36,40)/t23?,24-,26+,27-,28+,29+,34-/m0/s1. The number of halogens is 1. The van der Waals surface area contributed by atoms with E-state index in [0.29, 0.717) is 31.2 Å². The van der Waals surface area contributed by atoms with E-state index >= 15 is 0 Å². The van der Waals surface area contributed by atoms with Crippen molar-refractivity contribution >= 4 is 39.6 Å². The molecule has 7 atom stereocenters. The maximum Gasteiger partial charge on any atom is 0.313 e. The van der Waals surface area contributed by atoms with Gasteiger partial charge in [-0.2, -0.15) is 0 Å². The van der Waals surface area contributed by atoms with Crippen LogP contribution in [0, 0.1) is 11.8 Å². The number of esters is 1. The molecule has 2 bridgehead atoms. The highest BCUT2D eigenvalue weighted by Crippen LogP contribution is 2.60. The highest BCUT2D eigenvalue weighted by molar-refractivity contribution is 9.09. The van der Waals surface area contributed by atoms with Crippen LogP contribution in [-0.4, -0.2) is 93.0 Å². The largest absolute Gasteiger partial charge is 0.455 e. The number of allylic oxidation sites excluding steroid dienone is 1. The van der Waals surface area contributed by atoms with Gasteiger partial charge in [-0.15, -0.1) is 13.2 Å². The molecule has 1 unspecified atom stereocenters. The van der Waals surface area contributed by atoms with E-state index in [0.717, 1.165) is 0 Å². The third kappa shape index (κ3) is 7.05. The number of hydrogen-bond donors (Lipinski definition) is 2.